The summed E-state index contributed by atoms with van der Waals surface area (Å²) >= 11 is 0. The summed E-state index contributed by atoms with van der Waals surface area (Å²) < 4.78 is 0. The lowest BCUT2D eigenvalue weighted by molar-refractivity contribution is 0.533. The molecule has 0 radical (unpaired) electrons. The molecule has 2 aromatic carbocycles. The number of hydrogen-bond donors (Lipinski definition) is 0. The number of aliphatic imine (C=N–C) groups is 2. The zero-order valence-corrected chi connectivity index (χ0v) is 32.5. The Morgan fingerprint density at radius 1 is 0.438 bits per heavy atom. The number of unbranched alkanes of at least 4 members (excludes halogenated alkanes) is 15. The van der Waals surface area contributed by atoms with Crippen LogP contribution in [0.3, 0.4) is 0 Å². The van der Waals surface area contributed by atoms with E-state index in [0.717, 1.165) is 80.6 Å². The molecule has 0 fully saturated rings. The Labute approximate surface area is 298 Å². The van der Waals surface area contributed by atoms with Crippen LogP contribution in [0.4, 0.5) is 11.4 Å². The monoisotopic (exact) mass is 655 g/mol. The minimum absolute atomic E-state index is 0.991. The van der Waals surface area contributed by atoms with Gasteiger partial charge in [-0.2, -0.15) is 0 Å². The second kappa shape index (κ2) is 27.4. The van der Waals surface area contributed by atoms with Gasteiger partial charge in [-0.05, 0) is 98.0 Å². The van der Waals surface area contributed by atoms with Crippen LogP contribution >= 0.6 is 0 Å². The fourth-order valence-corrected chi connectivity index (χ4v) is 6.80. The zero-order chi connectivity index (χ0) is 34.7. The predicted octanol–water partition coefficient (Wildman–Crippen LogP) is 15.2. The third-order valence-corrected chi connectivity index (χ3v) is 9.40. The molecule has 0 aliphatic rings. The molecule has 0 amide bonds. The van der Waals surface area contributed by atoms with Crippen molar-refractivity contribution in [2.24, 2.45) is 9.98 Å². The highest BCUT2D eigenvalue weighted by Gasteiger charge is 2.07. The third-order valence-electron chi connectivity index (χ3n) is 9.40. The molecule has 0 unspecified atom stereocenters. The Bertz CT molecular complexity index is 1150. The van der Waals surface area contributed by atoms with E-state index in [4.69, 9.17) is 9.98 Å². The summed E-state index contributed by atoms with van der Waals surface area (Å²) in [4.78, 5) is 10.5. The molecule has 0 saturated carbocycles. The lowest BCUT2D eigenvalue weighted by atomic mass is 10.0. The molecule has 0 N–H and O–H groups in total. The van der Waals surface area contributed by atoms with E-state index in [2.05, 4.69) is 90.1 Å². The molecule has 0 saturated heterocycles. The minimum atomic E-state index is 0.991. The first kappa shape index (κ1) is 41.7. The van der Waals surface area contributed by atoms with Crippen LogP contribution in [-0.4, -0.2) is 11.4 Å². The second-order valence-electron chi connectivity index (χ2n) is 14.4. The molecule has 0 bridgehead atoms. The molecular formula is C46H74N2. The molecule has 2 heteroatoms. The summed E-state index contributed by atoms with van der Waals surface area (Å²) in [6.07, 6.45) is 35.8. The second-order valence-corrected chi connectivity index (χ2v) is 14.4. The Balaban J connectivity index is 2.01. The van der Waals surface area contributed by atoms with Gasteiger partial charge in [0.15, 0.2) is 0 Å². The summed E-state index contributed by atoms with van der Waals surface area (Å²) in [5.41, 5.74) is 9.71. The summed E-state index contributed by atoms with van der Waals surface area (Å²) in [5, 5.41) is 0. The van der Waals surface area contributed by atoms with Crippen molar-refractivity contribution < 1.29 is 0 Å². The average Bonchev–Trinajstić information content (AvgIpc) is 3.06. The van der Waals surface area contributed by atoms with Crippen LogP contribution in [0.2, 0.25) is 0 Å². The van der Waals surface area contributed by atoms with E-state index in [1.165, 1.54) is 119 Å². The van der Waals surface area contributed by atoms with Crippen molar-refractivity contribution in [2.75, 3.05) is 0 Å². The molecule has 0 aliphatic heterocycles. The normalized spacial score (nSPS) is 12.5. The standard InChI is InChI=1S/C46H74N2/c1-7-12-13-14-15-16-17-18-19-20-21-22-23-24-25-26-27-32-46(48-45-37-42(30-10-4)34-43(38-45)31-11-5)39(6)47-44-35-40(28-8-2)33-41(36-44)29-9-3/h27,32-38H,7-26,28-31H2,1-6H3/b32-27+,47-39?,48-46?. The molecule has 0 aromatic heterocycles. The van der Waals surface area contributed by atoms with Crippen molar-refractivity contribution in [3.05, 3.63) is 70.8 Å². The van der Waals surface area contributed by atoms with Crippen LogP contribution in [0, 0.1) is 0 Å². The van der Waals surface area contributed by atoms with E-state index in [9.17, 15) is 0 Å². The first-order valence-corrected chi connectivity index (χ1v) is 20.6. The topological polar surface area (TPSA) is 24.7 Å². The van der Waals surface area contributed by atoms with E-state index in [1.807, 2.05) is 0 Å². The van der Waals surface area contributed by atoms with E-state index < -0.39 is 0 Å². The highest BCUT2D eigenvalue weighted by molar-refractivity contribution is 6.46. The van der Waals surface area contributed by atoms with Gasteiger partial charge in [-0.15, -0.1) is 0 Å². The van der Waals surface area contributed by atoms with Gasteiger partial charge in [-0.3, -0.25) is 4.99 Å². The Morgan fingerprint density at radius 2 is 0.792 bits per heavy atom. The number of hydrogen-bond acceptors (Lipinski definition) is 2. The number of benzene rings is 2. The van der Waals surface area contributed by atoms with Gasteiger partial charge in [0, 0.05) is 0 Å². The number of aryl methyl sites for hydroxylation is 4. The highest BCUT2D eigenvalue weighted by Crippen LogP contribution is 2.24. The highest BCUT2D eigenvalue weighted by atomic mass is 14.8. The number of rotatable bonds is 28. The molecule has 0 aliphatic carbocycles. The third kappa shape index (κ3) is 18.9. The fraction of sp³-hybridized carbons (Fsp3) is 0.652. The molecule has 268 valence electrons. The largest absolute Gasteiger partial charge is 0.251 e. The quantitative estimate of drug-likeness (QED) is 0.0644. The van der Waals surface area contributed by atoms with Crippen LogP contribution in [0.15, 0.2) is 58.5 Å². The SMILES string of the molecule is CCCCCCCCCCCCCCCCC/C=C/C(=Nc1cc(CCC)cc(CCC)c1)C(C)=Nc1cc(CCC)cc(CCC)c1. The maximum absolute atomic E-state index is 5.27. The Hall–Kier alpha value is -2.48. The van der Waals surface area contributed by atoms with Gasteiger partial charge in [0.1, 0.15) is 0 Å². The van der Waals surface area contributed by atoms with Crippen LogP contribution < -0.4 is 0 Å². The lowest BCUT2D eigenvalue weighted by Gasteiger charge is -2.10. The maximum atomic E-state index is 5.27. The average molecular weight is 655 g/mol. The molecule has 48 heavy (non-hydrogen) atoms. The van der Waals surface area contributed by atoms with Crippen molar-refractivity contribution in [3.63, 3.8) is 0 Å². The molecule has 2 aromatic rings. The van der Waals surface area contributed by atoms with Crippen LogP contribution in [-0.2, 0) is 25.7 Å². The van der Waals surface area contributed by atoms with Gasteiger partial charge in [-0.25, -0.2) is 4.99 Å². The smallest absolute Gasteiger partial charge is 0.0845 e. The summed E-state index contributed by atoms with van der Waals surface area (Å²) in [6.45, 7) is 13.5. The van der Waals surface area contributed by atoms with E-state index in [1.54, 1.807) is 0 Å². The molecule has 0 spiro atoms. The van der Waals surface area contributed by atoms with E-state index >= 15 is 0 Å². The first-order valence-electron chi connectivity index (χ1n) is 20.6. The molecular weight excluding hydrogens is 581 g/mol. The summed E-state index contributed by atoms with van der Waals surface area (Å²) in [7, 11) is 0. The van der Waals surface area contributed by atoms with E-state index in [0.29, 0.717) is 0 Å². The van der Waals surface area contributed by atoms with Gasteiger partial charge in [0.2, 0.25) is 0 Å². The summed E-state index contributed by atoms with van der Waals surface area (Å²) in [5.74, 6) is 0. The van der Waals surface area contributed by atoms with Gasteiger partial charge in [0.25, 0.3) is 0 Å². The van der Waals surface area contributed by atoms with Crippen molar-refractivity contribution in [1.29, 1.82) is 0 Å². The maximum Gasteiger partial charge on any atom is 0.0845 e. The number of nitrogens with zero attached hydrogens (tertiary/aromatic N) is 2. The molecule has 2 rings (SSSR count). The number of allylic oxidation sites excluding steroid dienone is 2. The van der Waals surface area contributed by atoms with Crippen molar-refractivity contribution in [2.45, 2.75) is 196 Å². The van der Waals surface area contributed by atoms with Crippen LogP contribution in [0.1, 0.15) is 192 Å². The molecule has 0 atom stereocenters. The van der Waals surface area contributed by atoms with Crippen molar-refractivity contribution in [3.8, 4) is 0 Å². The van der Waals surface area contributed by atoms with Crippen molar-refractivity contribution >= 4 is 22.8 Å². The van der Waals surface area contributed by atoms with Gasteiger partial charge >= 0.3 is 0 Å². The minimum Gasteiger partial charge on any atom is -0.251 e. The van der Waals surface area contributed by atoms with E-state index in [-0.39, 0.29) is 0 Å². The zero-order valence-electron chi connectivity index (χ0n) is 32.5. The first-order chi connectivity index (χ1) is 23.5. The predicted molar refractivity (Wildman–Crippen MR) is 217 cm³/mol. The van der Waals surface area contributed by atoms with Gasteiger partial charge in [-0.1, -0.05) is 168 Å². The van der Waals surface area contributed by atoms with Gasteiger partial charge < -0.3 is 0 Å². The lowest BCUT2D eigenvalue weighted by Crippen LogP contribution is -2.07. The summed E-state index contributed by atoms with van der Waals surface area (Å²) in [6, 6.07) is 13.9. The molecule has 0 heterocycles. The Kier molecular flexibility index (Phi) is 23.8. The van der Waals surface area contributed by atoms with Crippen molar-refractivity contribution in [1.82, 2.24) is 0 Å². The molecule has 2 nitrogen and oxygen atoms in total. The Morgan fingerprint density at radius 3 is 1.17 bits per heavy atom. The van der Waals surface area contributed by atoms with Crippen LogP contribution in [0.25, 0.3) is 0 Å². The fourth-order valence-electron chi connectivity index (χ4n) is 6.80. The van der Waals surface area contributed by atoms with Crippen LogP contribution in [0.5, 0.6) is 0 Å². The van der Waals surface area contributed by atoms with Gasteiger partial charge in [0.05, 0.1) is 22.8 Å².